The minimum atomic E-state index is 0.754. The molecular weight excluding hydrogens is 208 g/mol. The van der Waals surface area contributed by atoms with Crippen molar-refractivity contribution in [2.24, 2.45) is 0 Å². The number of anilines is 1. The van der Waals surface area contributed by atoms with Crippen LogP contribution >= 0.6 is 11.3 Å². The quantitative estimate of drug-likeness (QED) is 0.855. The molecule has 4 nitrogen and oxygen atoms in total. The smallest absolute Gasteiger partial charge is 0.144 e. The summed E-state index contributed by atoms with van der Waals surface area (Å²) < 4.78 is 0. The van der Waals surface area contributed by atoms with Gasteiger partial charge in [-0.05, 0) is 6.92 Å². The number of hydrogen-bond donors (Lipinski definition) is 1. The number of nitrogens with zero attached hydrogens (tertiary/aromatic N) is 3. The van der Waals surface area contributed by atoms with Crippen molar-refractivity contribution in [2.75, 3.05) is 11.9 Å². The standard InChI is InChI=1S/C10H12N4S/c1-2-12-9-7-11-6-8(14-9)5-10-13-3-4-15-10/h3-4,6-7H,2,5H2,1H3,(H,12,14). The van der Waals surface area contributed by atoms with Crippen molar-refractivity contribution in [1.29, 1.82) is 0 Å². The second-order valence-electron chi connectivity index (χ2n) is 3.03. The van der Waals surface area contributed by atoms with Crippen LogP contribution in [0.4, 0.5) is 5.82 Å². The average Bonchev–Trinajstić information content (AvgIpc) is 2.71. The molecule has 0 aliphatic rings. The van der Waals surface area contributed by atoms with Gasteiger partial charge in [-0.1, -0.05) is 0 Å². The summed E-state index contributed by atoms with van der Waals surface area (Å²) >= 11 is 1.64. The van der Waals surface area contributed by atoms with E-state index in [4.69, 9.17) is 0 Å². The summed E-state index contributed by atoms with van der Waals surface area (Å²) in [5, 5.41) is 6.17. The Kier molecular flexibility index (Phi) is 3.24. The van der Waals surface area contributed by atoms with E-state index in [9.17, 15) is 0 Å². The van der Waals surface area contributed by atoms with Gasteiger partial charge in [0.15, 0.2) is 0 Å². The molecule has 0 aliphatic heterocycles. The topological polar surface area (TPSA) is 50.7 Å². The first-order valence-corrected chi connectivity index (χ1v) is 5.69. The molecule has 0 unspecified atom stereocenters. The Morgan fingerprint density at radius 3 is 3.07 bits per heavy atom. The molecule has 2 heterocycles. The van der Waals surface area contributed by atoms with Crippen LogP contribution in [0.2, 0.25) is 0 Å². The van der Waals surface area contributed by atoms with Crippen LogP contribution in [0.1, 0.15) is 17.6 Å². The fraction of sp³-hybridized carbons (Fsp3) is 0.300. The average molecular weight is 220 g/mol. The first-order chi connectivity index (χ1) is 7.38. The fourth-order valence-electron chi connectivity index (χ4n) is 1.25. The van der Waals surface area contributed by atoms with Crippen molar-refractivity contribution in [3.63, 3.8) is 0 Å². The maximum absolute atomic E-state index is 4.43. The molecule has 5 heteroatoms. The second kappa shape index (κ2) is 4.84. The van der Waals surface area contributed by atoms with Gasteiger partial charge < -0.3 is 5.32 Å². The molecule has 0 saturated carbocycles. The van der Waals surface area contributed by atoms with Crippen molar-refractivity contribution in [2.45, 2.75) is 13.3 Å². The zero-order valence-electron chi connectivity index (χ0n) is 8.47. The van der Waals surface area contributed by atoms with Crippen molar-refractivity contribution in [1.82, 2.24) is 15.0 Å². The van der Waals surface area contributed by atoms with E-state index in [2.05, 4.69) is 20.3 Å². The molecule has 15 heavy (non-hydrogen) atoms. The van der Waals surface area contributed by atoms with Crippen LogP contribution in [0.25, 0.3) is 0 Å². The Morgan fingerprint density at radius 1 is 1.40 bits per heavy atom. The van der Waals surface area contributed by atoms with Gasteiger partial charge in [-0.2, -0.15) is 0 Å². The van der Waals surface area contributed by atoms with E-state index in [0.717, 1.165) is 29.5 Å². The Bertz CT molecular complexity index is 413. The van der Waals surface area contributed by atoms with Gasteiger partial charge in [0, 0.05) is 30.7 Å². The molecule has 0 amide bonds. The molecule has 0 aromatic carbocycles. The zero-order valence-corrected chi connectivity index (χ0v) is 9.29. The van der Waals surface area contributed by atoms with Crippen LogP contribution in [-0.2, 0) is 6.42 Å². The summed E-state index contributed by atoms with van der Waals surface area (Å²) in [6.07, 6.45) is 6.07. The highest BCUT2D eigenvalue weighted by molar-refractivity contribution is 7.09. The van der Waals surface area contributed by atoms with Crippen molar-refractivity contribution in [3.05, 3.63) is 34.7 Å². The van der Waals surface area contributed by atoms with Gasteiger partial charge in [-0.25, -0.2) is 9.97 Å². The van der Waals surface area contributed by atoms with Crippen molar-refractivity contribution in [3.8, 4) is 0 Å². The highest BCUT2D eigenvalue weighted by Crippen LogP contribution is 2.10. The summed E-state index contributed by atoms with van der Waals surface area (Å²) in [5.41, 5.74) is 0.948. The number of thiazole rings is 1. The number of nitrogens with one attached hydrogen (secondary N) is 1. The fourth-order valence-corrected chi connectivity index (χ4v) is 1.88. The summed E-state index contributed by atoms with van der Waals surface area (Å²) in [6.45, 7) is 2.89. The first kappa shape index (κ1) is 10.0. The molecule has 0 bridgehead atoms. The summed E-state index contributed by atoms with van der Waals surface area (Å²) in [5.74, 6) is 0.826. The SMILES string of the molecule is CCNc1cncc(Cc2nccs2)n1. The largest absolute Gasteiger partial charge is 0.369 e. The maximum Gasteiger partial charge on any atom is 0.144 e. The molecule has 0 saturated heterocycles. The van der Waals surface area contributed by atoms with Crippen LogP contribution in [0.15, 0.2) is 24.0 Å². The van der Waals surface area contributed by atoms with Crippen LogP contribution < -0.4 is 5.32 Å². The molecule has 2 aromatic heterocycles. The van der Waals surface area contributed by atoms with Crippen LogP contribution in [0.5, 0.6) is 0 Å². The second-order valence-corrected chi connectivity index (χ2v) is 4.01. The lowest BCUT2D eigenvalue weighted by molar-refractivity contribution is 1.00. The van der Waals surface area contributed by atoms with Crippen molar-refractivity contribution < 1.29 is 0 Å². The lowest BCUT2D eigenvalue weighted by Crippen LogP contribution is -2.02. The predicted molar refractivity (Wildman–Crippen MR) is 61.1 cm³/mol. The lowest BCUT2D eigenvalue weighted by Gasteiger charge is -2.03. The van der Waals surface area contributed by atoms with Crippen LogP contribution in [0, 0.1) is 0 Å². The Morgan fingerprint density at radius 2 is 2.33 bits per heavy atom. The van der Waals surface area contributed by atoms with Crippen LogP contribution in [0.3, 0.4) is 0 Å². The third-order valence-electron chi connectivity index (χ3n) is 1.86. The van der Waals surface area contributed by atoms with Gasteiger partial charge in [0.25, 0.3) is 0 Å². The maximum atomic E-state index is 4.43. The van der Waals surface area contributed by atoms with Gasteiger partial charge >= 0.3 is 0 Å². The summed E-state index contributed by atoms with van der Waals surface area (Å²) in [6, 6.07) is 0. The minimum absolute atomic E-state index is 0.754. The third-order valence-corrected chi connectivity index (χ3v) is 2.64. The van der Waals surface area contributed by atoms with E-state index < -0.39 is 0 Å². The van der Waals surface area contributed by atoms with Gasteiger partial charge in [0.05, 0.1) is 16.9 Å². The highest BCUT2D eigenvalue weighted by Gasteiger charge is 2.01. The third kappa shape index (κ3) is 2.73. The van der Waals surface area contributed by atoms with Crippen molar-refractivity contribution >= 4 is 17.2 Å². The van der Waals surface area contributed by atoms with E-state index in [1.54, 1.807) is 23.7 Å². The van der Waals surface area contributed by atoms with Gasteiger partial charge in [0.2, 0.25) is 0 Å². The van der Waals surface area contributed by atoms with Crippen LogP contribution in [-0.4, -0.2) is 21.5 Å². The molecule has 78 valence electrons. The van der Waals surface area contributed by atoms with E-state index >= 15 is 0 Å². The molecule has 0 aliphatic carbocycles. The van der Waals surface area contributed by atoms with E-state index in [1.807, 2.05) is 18.5 Å². The molecule has 1 N–H and O–H groups in total. The minimum Gasteiger partial charge on any atom is -0.369 e. The van der Waals surface area contributed by atoms with Gasteiger partial charge in [0.1, 0.15) is 5.82 Å². The Labute approximate surface area is 92.4 Å². The monoisotopic (exact) mass is 220 g/mol. The molecule has 2 aromatic rings. The molecule has 0 spiro atoms. The molecule has 0 radical (unpaired) electrons. The van der Waals surface area contributed by atoms with E-state index in [0.29, 0.717) is 0 Å². The molecule has 0 fully saturated rings. The highest BCUT2D eigenvalue weighted by atomic mass is 32.1. The number of hydrogen-bond acceptors (Lipinski definition) is 5. The van der Waals surface area contributed by atoms with E-state index in [-0.39, 0.29) is 0 Å². The van der Waals surface area contributed by atoms with E-state index in [1.165, 1.54) is 0 Å². The summed E-state index contributed by atoms with van der Waals surface area (Å²) in [7, 11) is 0. The first-order valence-electron chi connectivity index (χ1n) is 4.81. The Balaban J connectivity index is 2.11. The van der Waals surface area contributed by atoms with Gasteiger partial charge in [-0.15, -0.1) is 11.3 Å². The Hall–Kier alpha value is -1.49. The van der Waals surface area contributed by atoms with Gasteiger partial charge in [-0.3, -0.25) is 4.98 Å². The molecule has 2 rings (SSSR count). The molecular formula is C10H12N4S. The normalized spacial score (nSPS) is 10.2. The predicted octanol–water partition coefficient (Wildman–Crippen LogP) is 1.96. The number of aromatic nitrogens is 3. The molecule has 0 atom stereocenters. The lowest BCUT2D eigenvalue weighted by atomic mass is 10.3. The summed E-state index contributed by atoms with van der Waals surface area (Å²) in [4.78, 5) is 12.8. The number of rotatable bonds is 4. The zero-order chi connectivity index (χ0) is 10.5.